The second kappa shape index (κ2) is 8.10. The first-order chi connectivity index (χ1) is 12.1. The molecule has 0 spiro atoms. The van der Waals surface area contributed by atoms with E-state index in [0.717, 1.165) is 31.1 Å². The highest BCUT2D eigenvalue weighted by atomic mass is 35.5. The average molecular weight is 382 g/mol. The fraction of sp³-hybridized carbons (Fsp3) is 0.471. The van der Waals surface area contributed by atoms with E-state index in [1.165, 1.54) is 25.3 Å². The number of aliphatic imine (C=N–C) groups is 1. The lowest BCUT2D eigenvalue weighted by Gasteiger charge is -2.27. The van der Waals surface area contributed by atoms with Crippen molar-refractivity contribution < 1.29 is 14.3 Å². The lowest BCUT2D eigenvalue weighted by Crippen LogP contribution is -2.33. The Hall–Kier alpha value is -1.73. The van der Waals surface area contributed by atoms with Crippen LogP contribution in [0.4, 0.5) is 5.69 Å². The molecule has 0 radical (unpaired) electrons. The van der Waals surface area contributed by atoms with Crippen LogP contribution in [0.3, 0.4) is 0 Å². The minimum atomic E-state index is -0.453. The zero-order valence-corrected chi connectivity index (χ0v) is 15.5. The molecule has 0 aromatic heterocycles. The predicted octanol–water partition coefficient (Wildman–Crippen LogP) is 3.16. The molecule has 0 unspecified atom stereocenters. The number of piperidine rings is 1. The maximum Gasteiger partial charge on any atom is 0.262 e. The Morgan fingerprint density at radius 2 is 2.16 bits per heavy atom. The van der Waals surface area contributed by atoms with Gasteiger partial charge >= 0.3 is 0 Å². The number of nitrogens with one attached hydrogen (secondary N) is 1. The van der Waals surface area contributed by atoms with Gasteiger partial charge in [-0.05, 0) is 37.5 Å². The number of carbonyl (C=O) groups excluding carboxylic acids is 2. The Morgan fingerprint density at radius 3 is 2.84 bits per heavy atom. The molecule has 1 aromatic carbocycles. The van der Waals surface area contributed by atoms with Gasteiger partial charge in [-0.15, -0.1) is 0 Å². The Balaban J connectivity index is 1.55. The summed E-state index contributed by atoms with van der Waals surface area (Å²) in [6.07, 6.45) is 3.56. The first-order valence-electron chi connectivity index (χ1n) is 8.24. The van der Waals surface area contributed by atoms with Gasteiger partial charge in [-0.3, -0.25) is 9.59 Å². The standard InChI is InChI=1S/C17H20ClN3O3S/c1-24-13-6-5-11(9-12(13)18)19-15(22)10-14-16(23)20-17(25-14)21-7-3-2-4-8-21/h5-6,9,14H,2-4,7-8,10H2,1H3,(H,19,22)/t14-/m1/s1. The molecule has 2 heterocycles. The number of nitrogens with zero attached hydrogens (tertiary/aromatic N) is 2. The number of ether oxygens (including phenoxy) is 1. The van der Waals surface area contributed by atoms with Crippen molar-refractivity contribution >= 4 is 46.0 Å². The maximum atomic E-state index is 12.2. The third-order valence-corrected chi connectivity index (χ3v) is 5.67. The number of anilines is 1. The molecule has 0 aliphatic carbocycles. The largest absolute Gasteiger partial charge is 0.495 e. The minimum absolute atomic E-state index is 0.0913. The van der Waals surface area contributed by atoms with Gasteiger partial charge in [0, 0.05) is 25.2 Å². The SMILES string of the molecule is COc1ccc(NC(=O)C[C@H]2SC(N3CCCCC3)=NC2=O)cc1Cl. The van der Waals surface area contributed by atoms with E-state index in [0.29, 0.717) is 16.5 Å². The van der Waals surface area contributed by atoms with Crippen molar-refractivity contribution in [3.05, 3.63) is 23.2 Å². The second-order valence-electron chi connectivity index (χ2n) is 5.99. The Kier molecular flexibility index (Phi) is 5.86. The number of hydrogen-bond acceptors (Lipinski definition) is 5. The molecule has 2 amide bonds. The molecule has 25 heavy (non-hydrogen) atoms. The molecule has 1 N–H and O–H groups in total. The summed E-state index contributed by atoms with van der Waals surface area (Å²) in [5.74, 6) is 0.0800. The summed E-state index contributed by atoms with van der Waals surface area (Å²) in [6.45, 7) is 1.87. The highest BCUT2D eigenvalue weighted by Gasteiger charge is 2.33. The number of amidine groups is 1. The minimum Gasteiger partial charge on any atom is -0.495 e. The van der Waals surface area contributed by atoms with Crippen LogP contribution < -0.4 is 10.1 Å². The molecular formula is C17H20ClN3O3S. The van der Waals surface area contributed by atoms with E-state index in [9.17, 15) is 9.59 Å². The fourth-order valence-electron chi connectivity index (χ4n) is 2.85. The van der Waals surface area contributed by atoms with Crippen molar-refractivity contribution in [1.82, 2.24) is 4.90 Å². The van der Waals surface area contributed by atoms with Crippen LogP contribution in [0.1, 0.15) is 25.7 Å². The van der Waals surface area contributed by atoms with Gasteiger partial charge in [0.15, 0.2) is 5.17 Å². The average Bonchev–Trinajstić information content (AvgIpc) is 2.96. The van der Waals surface area contributed by atoms with E-state index in [-0.39, 0.29) is 18.2 Å². The van der Waals surface area contributed by atoms with Crippen LogP contribution in [0.2, 0.25) is 5.02 Å². The number of rotatable bonds is 4. The third kappa shape index (κ3) is 4.46. The summed E-state index contributed by atoms with van der Waals surface area (Å²) < 4.78 is 5.08. The van der Waals surface area contributed by atoms with Gasteiger partial charge in [0.05, 0.1) is 12.1 Å². The van der Waals surface area contributed by atoms with Gasteiger partial charge in [0.1, 0.15) is 11.0 Å². The smallest absolute Gasteiger partial charge is 0.262 e. The molecule has 2 aliphatic heterocycles. The summed E-state index contributed by atoms with van der Waals surface area (Å²) in [5.41, 5.74) is 0.573. The number of thioether (sulfide) groups is 1. The predicted molar refractivity (Wildman–Crippen MR) is 100 cm³/mol. The van der Waals surface area contributed by atoms with Crippen LogP contribution in [-0.4, -0.2) is 47.3 Å². The first-order valence-corrected chi connectivity index (χ1v) is 9.50. The monoisotopic (exact) mass is 381 g/mol. The van der Waals surface area contributed by atoms with Crippen molar-refractivity contribution in [3.8, 4) is 5.75 Å². The molecule has 1 aromatic rings. The van der Waals surface area contributed by atoms with E-state index in [4.69, 9.17) is 16.3 Å². The first kappa shape index (κ1) is 18.1. The van der Waals surface area contributed by atoms with Gasteiger partial charge in [-0.2, -0.15) is 4.99 Å². The zero-order valence-electron chi connectivity index (χ0n) is 14.0. The number of likely N-dealkylation sites (tertiary alicyclic amines) is 1. The maximum absolute atomic E-state index is 12.2. The quantitative estimate of drug-likeness (QED) is 0.867. The lowest BCUT2D eigenvalue weighted by molar-refractivity contribution is -0.121. The molecule has 0 bridgehead atoms. The number of benzene rings is 1. The summed E-state index contributed by atoms with van der Waals surface area (Å²) in [5, 5.41) is 3.49. The summed E-state index contributed by atoms with van der Waals surface area (Å²) in [6, 6.07) is 5.02. The van der Waals surface area contributed by atoms with Crippen LogP contribution in [0.5, 0.6) is 5.75 Å². The van der Waals surface area contributed by atoms with E-state index < -0.39 is 5.25 Å². The second-order valence-corrected chi connectivity index (χ2v) is 7.57. The Morgan fingerprint density at radius 1 is 1.40 bits per heavy atom. The van der Waals surface area contributed by atoms with Crippen molar-refractivity contribution in [1.29, 1.82) is 0 Å². The lowest BCUT2D eigenvalue weighted by atomic mass is 10.1. The molecule has 2 aliphatic rings. The number of amides is 2. The van der Waals surface area contributed by atoms with Gasteiger partial charge in [-0.1, -0.05) is 23.4 Å². The summed E-state index contributed by atoms with van der Waals surface area (Å²) in [4.78, 5) is 30.6. The zero-order chi connectivity index (χ0) is 17.8. The molecule has 3 rings (SSSR count). The van der Waals surface area contributed by atoms with Gasteiger partial charge in [-0.25, -0.2) is 0 Å². The number of methoxy groups -OCH3 is 1. The normalized spacial score (nSPS) is 20.4. The van der Waals surface area contributed by atoms with E-state index in [2.05, 4.69) is 15.2 Å². The van der Waals surface area contributed by atoms with Gasteiger partial charge in [0.25, 0.3) is 5.91 Å². The fourth-order valence-corrected chi connectivity index (χ4v) is 4.23. The van der Waals surface area contributed by atoms with Crippen LogP contribution >= 0.6 is 23.4 Å². The number of halogens is 1. The molecule has 1 fully saturated rings. The van der Waals surface area contributed by atoms with Gasteiger partial charge < -0.3 is 15.0 Å². The summed E-state index contributed by atoms with van der Waals surface area (Å²) in [7, 11) is 1.53. The van der Waals surface area contributed by atoms with Crippen LogP contribution in [-0.2, 0) is 9.59 Å². The molecule has 1 saturated heterocycles. The summed E-state index contributed by atoms with van der Waals surface area (Å²) >= 11 is 7.45. The molecule has 6 nitrogen and oxygen atoms in total. The number of hydrogen-bond donors (Lipinski definition) is 1. The van der Waals surface area contributed by atoms with Crippen molar-refractivity contribution in [2.24, 2.45) is 4.99 Å². The molecular weight excluding hydrogens is 362 g/mol. The number of carbonyl (C=O) groups is 2. The van der Waals surface area contributed by atoms with Crippen LogP contribution in [0.25, 0.3) is 0 Å². The molecule has 134 valence electrons. The van der Waals surface area contributed by atoms with E-state index in [1.807, 2.05) is 0 Å². The molecule has 1 atom stereocenters. The highest BCUT2D eigenvalue weighted by Crippen LogP contribution is 2.30. The van der Waals surface area contributed by atoms with Crippen LogP contribution in [0.15, 0.2) is 23.2 Å². The van der Waals surface area contributed by atoms with E-state index >= 15 is 0 Å². The highest BCUT2D eigenvalue weighted by molar-refractivity contribution is 8.15. The Labute approximate surface area is 156 Å². The van der Waals surface area contributed by atoms with Crippen molar-refractivity contribution in [2.75, 3.05) is 25.5 Å². The van der Waals surface area contributed by atoms with E-state index in [1.54, 1.807) is 18.2 Å². The third-order valence-electron chi connectivity index (χ3n) is 4.16. The Bertz CT molecular complexity index is 704. The van der Waals surface area contributed by atoms with Gasteiger partial charge in [0.2, 0.25) is 5.91 Å². The van der Waals surface area contributed by atoms with Crippen molar-refractivity contribution in [3.63, 3.8) is 0 Å². The van der Waals surface area contributed by atoms with Crippen molar-refractivity contribution in [2.45, 2.75) is 30.9 Å². The molecule has 8 heteroatoms. The topological polar surface area (TPSA) is 71.0 Å². The van der Waals surface area contributed by atoms with Crippen LogP contribution in [0, 0.1) is 0 Å². The molecule has 0 saturated carbocycles.